The van der Waals surface area contributed by atoms with Crippen LogP contribution in [0.5, 0.6) is 0 Å². The lowest BCUT2D eigenvalue weighted by Gasteiger charge is -2.49. The van der Waals surface area contributed by atoms with E-state index in [0.29, 0.717) is 6.04 Å². The molecule has 1 aromatic carbocycles. The van der Waals surface area contributed by atoms with E-state index in [1.807, 2.05) is 11.3 Å². The van der Waals surface area contributed by atoms with Gasteiger partial charge in [0.1, 0.15) is 0 Å². The molecular weight excluding hydrogens is 254 g/mol. The molecule has 3 fully saturated rings. The molecule has 2 bridgehead atoms. The maximum atomic E-state index is 6.62. The molecule has 19 heavy (non-hydrogen) atoms. The Bertz CT molecular complexity index is 586. The van der Waals surface area contributed by atoms with Crippen molar-refractivity contribution >= 4 is 21.4 Å². The Morgan fingerprint density at radius 1 is 1.16 bits per heavy atom. The van der Waals surface area contributed by atoms with Crippen molar-refractivity contribution in [3.63, 3.8) is 0 Å². The van der Waals surface area contributed by atoms with E-state index in [4.69, 9.17) is 5.73 Å². The van der Waals surface area contributed by atoms with Crippen LogP contribution in [0.25, 0.3) is 10.1 Å². The summed E-state index contributed by atoms with van der Waals surface area (Å²) in [5.74, 6) is 0. The van der Waals surface area contributed by atoms with Crippen LogP contribution in [-0.4, -0.2) is 48.6 Å². The van der Waals surface area contributed by atoms with Crippen LogP contribution in [-0.2, 0) is 0 Å². The van der Waals surface area contributed by atoms with Crippen LogP contribution in [0, 0.1) is 0 Å². The molecule has 4 heterocycles. The molecular formula is C15H19N3S. The molecule has 3 aliphatic rings. The molecule has 5 rings (SSSR count). The minimum atomic E-state index is 0.130. The number of piperazine rings is 3. The molecule has 3 saturated heterocycles. The third-order valence-electron chi connectivity index (χ3n) is 4.60. The second kappa shape index (κ2) is 4.56. The first-order valence-corrected chi connectivity index (χ1v) is 7.89. The Labute approximate surface area is 117 Å². The zero-order chi connectivity index (χ0) is 12.8. The van der Waals surface area contributed by atoms with Gasteiger partial charge in [-0.3, -0.25) is 9.80 Å². The van der Waals surface area contributed by atoms with Crippen LogP contribution >= 0.6 is 11.3 Å². The van der Waals surface area contributed by atoms with E-state index in [0.717, 1.165) is 6.54 Å². The predicted octanol–water partition coefficient (Wildman–Crippen LogP) is 1.90. The average Bonchev–Trinajstić information content (AvgIpc) is 2.96. The minimum absolute atomic E-state index is 0.130. The van der Waals surface area contributed by atoms with Gasteiger partial charge in [0, 0.05) is 49.5 Å². The van der Waals surface area contributed by atoms with Crippen LogP contribution in [0.1, 0.15) is 11.6 Å². The van der Waals surface area contributed by atoms with Gasteiger partial charge in [-0.2, -0.15) is 0 Å². The fourth-order valence-electron chi connectivity index (χ4n) is 3.48. The summed E-state index contributed by atoms with van der Waals surface area (Å²) in [5.41, 5.74) is 7.95. The van der Waals surface area contributed by atoms with E-state index >= 15 is 0 Å². The van der Waals surface area contributed by atoms with Crippen molar-refractivity contribution in [3.8, 4) is 0 Å². The predicted molar refractivity (Wildman–Crippen MR) is 80.6 cm³/mol. The first-order valence-electron chi connectivity index (χ1n) is 7.01. The van der Waals surface area contributed by atoms with Crippen molar-refractivity contribution in [2.75, 3.05) is 32.7 Å². The molecule has 100 valence electrons. The molecule has 2 N–H and O–H groups in total. The molecule has 2 atom stereocenters. The summed E-state index contributed by atoms with van der Waals surface area (Å²) >= 11 is 1.81. The van der Waals surface area contributed by atoms with Crippen molar-refractivity contribution in [3.05, 3.63) is 35.2 Å². The van der Waals surface area contributed by atoms with Gasteiger partial charge in [0.2, 0.25) is 0 Å². The van der Waals surface area contributed by atoms with Crippen LogP contribution in [0.3, 0.4) is 0 Å². The quantitative estimate of drug-likeness (QED) is 0.907. The van der Waals surface area contributed by atoms with Crippen molar-refractivity contribution in [1.29, 1.82) is 0 Å². The largest absolute Gasteiger partial charge is 0.323 e. The van der Waals surface area contributed by atoms with Crippen LogP contribution in [0.2, 0.25) is 0 Å². The number of rotatable bonds is 2. The summed E-state index contributed by atoms with van der Waals surface area (Å²) in [6, 6.07) is 9.33. The van der Waals surface area contributed by atoms with Gasteiger partial charge < -0.3 is 5.73 Å². The lowest BCUT2D eigenvalue weighted by Crippen LogP contribution is -2.63. The van der Waals surface area contributed by atoms with Crippen LogP contribution in [0.15, 0.2) is 29.6 Å². The normalized spacial score (nSPS) is 31.7. The van der Waals surface area contributed by atoms with E-state index in [1.165, 1.54) is 41.8 Å². The highest BCUT2D eigenvalue weighted by Gasteiger charge is 2.36. The topological polar surface area (TPSA) is 32.5 Å². The number of benzene rings is 1. The smallest absolute Gasteiger partial charge is 0.0479 e. The number of nitrogens with two attached hydrogens (primary N) is 1. The Kier molecular flexibility index (Phi) is 2.84. The van der Waals surface area contributed by atoms with Crippen LogP contribution in [0.4, 0.5) is 0 Å². The third-order valence-corrected chi connectivity index (χ3v) is 5.58. The minimum Gasteiger partial charge on any atom is -0.323 e. The lowest BCUT2D eigenvalue weighted by molar-refractivity contribution is 0.00235. The van der Waals surface area contributed by atoms with Crippen molar-refractivity contribution in [2.24, 2.45) is 5.73 Å². The standard InChI is InChI=1S/C15H19N3S/c16-14(13-10-17-5-7-18(13)8-6-17)12-3-1-2-11-4-9-19-15(11)12/h1-4,9,13-14H,5-8,10,16H2. The maximum Gasteiger partial charge on any atom is 0.0479 e. The summed E-state index contributed by atoms with van der Waals surface area (Å²) in [6.45, 7) is 5.92. The molecule has 1 aromatic heterocycles. The van der Waals surface area contributed by atoms with Crippen molar-refractivity contribution in [2.45, 2.75) is 12.1 Å². The number of hydrogen-bond donors (Lipinski definition) is 1. The van der Waals surface area contributed by atoms with Gasteiger partial charge in [-0.15, -0.1) is 11.3 Å². The first-order chi connectivity index (χ1) is 9.33. The Morgan fingerprint density at radius 2 is 2.00 bits per heavy atom. The Balaban J connectivity index is 1.70. The Hall–Kier alpha value is -0.940. The first kappa shape index (κ1) is 11.9. The van der Waals surface area contributed by atoms with E-state index < -0.39 is 0 Å². The Morgan fingerprint density at radius 3 is 2.74 bits per heavy atom. The molecule has 2 unspecified atom stereocenters. The summed E-state index contributed by atoms with van der Waals surface area (Å²) in [4.78, 5) is 5.14. The zero-order valence-corrected chi connectivity index (χ0v) is 11.8. The van der Waals surface area contributed by atoms with Crippen molar-refractivity contribution < 1.29 is 0 Å². The van der Waals surface area contributed by atoms with Crippen molar-refractivity contribution in [1.82, 2.24) is 9.80 Å². The summed E-state index contributed by atoms with van der Waals surface area (Å²) in [5, 5.41) is 3.49. The van der Waals surface area contributed by atoms with E-state index in [-0.39, 0.29) is 6.04 Å². The monoisotopic (exact) mass is 273 g/mol. The third kappa shape index (κ3) is 1.91. The highest BCUT2D eigenvalue weighted by molar-refractivity contribution is 7.17. The molecule has 0 saturated carbocycles. The van der Waals surface area contributed by atoms with Gasteiger partial charge in [-0.25, -0.2) is 0 Å². The van der Waals surface area contributed by atoms with Gasteiger partial charge in [-0.1, -0.05) is 18.2 Å². The van der Waals surface area contributed by atoms with E-state index in [9.17, 15) is 0 Å². The second-order valence-corrected chi connectivity index (χ2v) is 6.53. The summed E-state index contributed by atoms with van der Waals surface area (Å²) in [6.07, 6.45) is 0. The number of hydrogen-bond acceptors (Lipinski definition) is 4. The lowest BCUT2D eigenvalue weighted by atomic mass is 9.94. The van der Waals surface area contributed by atoms with Gasteiger partial charge in [0.25, 0.3) is 0 Å². The number of nitrogens with zero attached hydrogens (tertiary/aromatic N) is 2. The fraction of sp³-hybridized carbons (Fsp3) is 0.467. The molecule has 3 nitrogen and oxygen atoms in total. The molecule has 0 radical (unpaired) electrons. The zero-order valence-electron chi connectivity index (χ0n) is 11.0. The molecule has 2 aromatic rings. The highest BCUT2D eigenvalue weighted by atomic mass is 32.1. The SMILES string of the molecule is NC(c1cccc2ccsc12)C1CN2CCN1CC2. The van der Waals surface area contributed by atoms with Gasteiger partial charge in [0.05, 0.1) is 0 Å². The fourth-order valence-corrected chi connectivity index (χ4v) is 4.45. The van der Waals surface area contributed by atoms with E-state index in [2.05, 4.69) is 39.4 Å². The van der Waals surface area contributed by atoms with Gasteiger partial charge in [-0.05, 0) is 22.4 Å². The number of thiophene rings is 1. The molecule has 3 aliphatic heterocycles. The average molecular weight is 273 g/mol. The van der Waals surface area contributed by atoms with Gasteiger partial charge >= 0.3 is 0 Å². The molecule has 0 amide bonds. The molecule has 0 aliphatic carbocycles. The summed E-state index contributed by atoms with van der Waals surface area (Å²) in [7, 11) is 0. The maximum absolute atomic E-state index is 6.62. The summed E-state index contributed by atoms with van der Waals surface area (Å²) < 4.78 is 1.37. The van der Waals surface area contributed by atoms with E-state index in [1.54, 1.807) is 0 Å². The number of fused-ring (bicyclic) bond motifs is 4. The van der Waals surface area contributed by atoms with Crippen LogP contribution < -0.4 is 5.73 Å². The molecule has 0 spiro atoms. The molecule has 4 heteroatoms. The van der Waals surface area contributed by atoms with Gasteiger partial charge in [0.15, 0.2) is 0 Å². The second-order valence-electron chi connectivity index (χ2n) is 5.62. The highest BCUT2D eigenvalue weighted by Crippen LogP contribution is 2.32.